The quantitative estimate of drug-likeness (QED) is 0.791. The molecule has 1 saturated carbocycles. The summed E-state index contributed by atoms with van der Waals surface area (Å²) < 4.78 is 2.33. The number of nitrogens with one attached hydrogen (secondary N) is 1. The molecule has 0 heterocycles. The standard InChI is InChI=1S/C14H19Br2N/c1-17-14(8-10-4-2-3-5-10)12-7-6-11(15)9-13(12)16/h6-7,9-10,14,17H,2-5,8H2,1H3. The first-order valence-corrected chi connectivity index (χ1v) is 7.91. The van der Waals surface area contributed by atoms with Crippen LogP contribution in [0.3, 0.4) is 0 Å². The van der Waals surface area contributed by atoms with E-state index in [4.69, 9.17) is 0 Å². The van der Waals surface area contributed by atoms with Crippen LogP contribution in [0, 0.1) is 5.92 Å². The van der Waals surface area contributed by atoms with Crippen LogP contribution in [-0.2, 0) is 0 Å². The number of halogens is 2. The largest absolute Gasteiger partial charge is 0.313 e. The van der Waals surface area contributed by atoms with Crippen molar-refractivity contribution in [1.29, 1.82) is 0 Å². The van der Waals surface area contributed by atoms with Gasteiger partial charge in [-0.2, -0.15) is 0 Å². The van der Waals surface area contributed by atoms with Gasteiger partial charge in [-0.05, 0) is 37.1 Å². The second kappa shape index (κ2) is 6.35. The van der Waals surface area contributed by atoms with Crippen LogP contribution in [0.15, 0.2) is 27.1 Å². The lowest BCUT2D eigenvalue weighted by molar-refractivity contribution is 0.412. The summed E-state index contributed by atoms with van der Waals surface area (Å²) in [4.78, 5) is 0. The van der Waals surface area contributed by atoms with Gasteiger partial charge in [-0.1, -0.05) is 63.6 Å². The minimum absolute atomic E-state index is 0.473. The Morgan fingerprint density at radius 2 is 2.00 bits per heavy atom. The Morgan fingerprint density at radius 3 is 2.59 bits per heavy atom. The minimum Gasteiger partial charge on any atom is -0.313 e. The van der Waals surface area contributed by atoms with Crippen LogP contribution in [0.25, 0.3) is 0 Å². The lowest BCUT2D eigenvalue weighted by Crippen LogP contribution is -2.19. The van der Waals surface area contributed by atoms with E-state index in [-0.39, 0.29) is 0 Å². The highest BCUT2D eigenvalue weighted by molar-refractivity contribution is 9.11. The number of hydrogen-bond donors (Lipinski definition) is 1. The van der Waals surface area contributed by atoms with Gasteiger partial charge in [0.05, 0.1) is 0 Å². The Kier molecular flexibility index (Phi) is 5.07. The van der Waals surface area contributed by atoms with Gasteiger partial charge in [0, 0.05) is 15.0 Å². The summed E-state index contributed by atoms with van der Waals surface area (Å²) in [5.74, 6) is 0.906. The van der Waals surface area contributed by atoms with Gasteiger partial charge < -0.3 is 5.32 Å². The highest BCUT2D eigenvalue weighted by atomic mass is 79.9. The molecule has 0 aromatic heterocycles. The molecule has 3 heteroatoms. The normalized spacial score (nSPS) is 18.5. The predicted molar refractivity (Wildman–Crippen MR) is 80.2 cm³/mol. The third-order valence-corrected chi connectivity index (χ3v) is 4.91. The van der Waals surface area contributed by atoms with Crippen LogP contribution in [0.1, 0.15) is 43.7 Å². The molecule has 0 bridgehead atoms. The van der Waals surface area contributed by atoms with Gasteiger partial charge >= 0.3 is 0 Å². The first kappa shape index (κ1) is 13.6. The van der Waals surface area contributed by atoms with Gasteiger partial charge in [-0.3, -0.25) is 0 Å². The van der Waals surface area contributed by atoms with Crippen molar-refractivity contribution in [2.24, 2.45) is 5.92 Å². The fraction of sp³-hybridized carbons (Fsp3) is 0.571. The molecule has 1 N–H and O–H groups in total. The Bertz CT molecular complexity index is 372. The third kappa shape index (κ3) is 3.55. The molecule has 1 aliphatic rings. The molecular weight excluding hydrogens is 342 g/mol. The van der Waals surface area contributed by atoms with Crippen molar-refractivity contribution in [1.82, 2.24) is 5.32 Å². The summed E-state index contributed by atoms with van der Waals surface area (Å²) in [6.45, 7) is 0. The molecule has 0 spiro atoms. The molecule has 1 unspecified atom stereocenters. The molecule has 0 saturated heterocycles. The van der Waals surface area contributed by atoms with Gasteiger partial charge in [-0.25, -0.2) is 0 Å². The Labute approximate surface area is 121 Å². The van der Waals surface area contributed by atoms with Crippen LogP contribution < -0.4 is 5.32 Å². The maximum Gasteiger partial charge on any atom is 0.0331 e. The molecule has 1 aromatic rings. The molecule has 0 aliphatic heterocycles. The summed E-state index contributed by atoms with van der Waals surface area (Å²) in [6, 6.07) is 6.94. The summed E-state index contributed by atoms with van der Waals surface area (Å²) in [5.41, 5.74) is 1.38. The highest BCUT2D eigenvalue weighted by Crippen LogP contribution is 2.35. The number of rotatable bonds is 4. The molecular formula is C14H19Br2N. The summed E-state index contributed by atoms with van der Waals surface area (Å²) in [5, 5.41) is 3.46. The van der Waals surface area contributed by atoms with Crippen molar-refractivity contribution in [3.05, 3.63) is 32.7 Å². The van der Waals surface area contributed by atoms with E-state index in [1.165, 1.54) is 42.1 Å². The SMILES string of the molecule is CNC(CC1CCCC1)c1ccc(Br)cc1Br. The molecule has 1 atom stereocenters. The molecule has 2 rings (SSSR count). The molecule has 94 valence electrons. The Hall–Kier alpha value is 0.140. The molecule has 1 aliphatic carbocycles. The van der Waals surface area contributed by atoms with Gasteiger partial charge in [0.15, 0.2) is 0 Å². The topological polar surface area (TPSA) is 12.0 Å². The second-order valence-corrected chi connectivity index (χ2v) is 6.66. The molecule has 1 fully saturated rings. The molecule has 17 heavy (non-hydrogen) atoms. The molecule has 0 amide bonds. The van der Waals surface area contributed by atoms with Crippen LogP contribution in [-0.4, -0.2) is 7.05 Å². The maximum atomic E-state index is 3.67. The number of benzene rings is 1. The van der Waals surface area contributed by atoms with E-state index in [1.54, 1.807) is 0 Å². The van der Waals surface area contributed by atoms with Crippen molar-refractivity contribution in [3.63, 3.8) is 0 Å². The lowest BCUT2D eigenvalue weighted by Gasteiger charge is -2.21. The van der Waals surface area contributed by atoms with E-state index in [0.29, 0.717) is 6.04 Å². The van der Waals surface area contributed by atoms with Crippen LogP contribution >= 0.6 is 31.9 Å². The molecule has 1 aromatic carbocycles. The monoisotopic (exact) mass is 359 g/mol. The zero-order valence-corrected chi connectivity index (χ0v) is 13.4. The summed E-state index contributed by atoms with van der Waals surface area (Å²) >= 11 is 7.17. The van der Waals surface area contributed by atoms with Crippen molar-refractivity contribution in [3.8, 4) is 0 Å². The van der Waals surface area contributed by atoms with E-state index in [1.807, 2.05) is 0 Å². The van der Waals surface area contributed by atoms with Crippen molar-refractivity contribution < 1.29 is 0 Å². The Morgan fingerprint density at radius 1 is 1.29 bits per heavy atom. The third-order valence-electron chi connectivity index (χ3n) is 3.73. The Balaban J connectivity index is 2.10. The van der Waals surface area contributed by atoms with E-state index in [2.05, 4.69) is 62.4 Å². The molecule has 0 radical (unpaired) electrons. The number of hydrogen-bond acceptors (Lipinski definition) is 1. The van der Waals surface area contributed by atoms with Crippen LogP contribution in [0.2, 0.25) is 0 Å². The zero-order valence-electron chi connectivity index (χ0n) is 10.2. The average Bonchev–Trinajstić information content (AvgIpc) is 2.79. The fourth-order valence-electron chi connectivity index (χ4n) is 2.76. The molecule has 1 nitrogen and oxygen atoms in total. The van der Waals surface area contributed by atoms with Gasteiger partial charge in [0.1, 0.15) is 0 Å². The minimum atomic E-state index is 0.473. The van der Waals surface area contributed by atoms with Crippen molar-refractivity contribution in [2.45, 2.75) is 38.1 Å². The van der Waals surface area contributed by atoms with Gasteiger partial charge in [0.25, 0.3) is 0 Å². The average molecular weight is 361 g/mol. The highest BCUT2D eigenvalue weighted by Gasteiger charge is 2.21. The predicted octanol–water partition coefficient (Wildman–Crippen LogP) is 5.05. The first-order valence-electron chi connectivity index (χ1n) is 6.33. The van der Waals surface area contributed by atoms with Crippen molar-refractivity contribution >= 4 is 31.9 Å². The van der Waals surface area contributed by atoms with E-state index >= 15 is 0 Å². The lowest BCUT2D eigenvalue weighted by atomic mass is 9.94. The maximum absolute atomic E-state index is 3.67. The van der Waals surface area contributed by atoms with Gasteiger partial charge in [-0.15, -0.1) is 0 Å². The summed E-state index contributed by atoms with van der Waals surface area (Å²) in [6.07, 6.45) is 6.92. The van der Waals surface area contributed by atoms with Crippen molar-refractivity contribution in [2.75, 3.05) is 7.05 Å². The summed E-state index contributed by atoms with van der Waals surface area (Å²) in [7, 11) is 2.06. The van der Waals surface area contributed by atoms with Crippen LogP contribution in [0.4, 0.5) is 0 Å². The van der Waals surface area contributed by atoms with Gasteiger partial charge in [0.2, 0.25) is 0 Å². The van der Waals surface area contributed by atoms with E-state index in [0.717, 1.165) is 10.4 Å². The fourth-order valence-corrected chi connectivity index (χ4v) is 4.09. The first-order chi connectivity index (χ1) is 8.20. The van der Waals surface area contributed by atoms with Crippen LogP contribution in [0.5, 0.6) is 0 Å². The zero-order chi connectivity index (χ0) is 12.3. The van der Waals surface area contributed by atoms with E-state index < -0.39 is 0 Å². The van der Waals surface area contributed by atoms with E-state index in [9.17, 15) is 0 Å². The second-order valence-electron chi connectivity index (χ2n) is 4.89. The smallest absolute Gasteiger partial charge is 0.0331 e.